The zero-order valence-electron chi connectivity index (χ0n) is 35.7. The maximum absolute atomic E-state index is 15.2. The van der Waals surface area contributed by atoms with Crippen LogP contribution in [0.3, 0.4) is 0 Å². The molecule has 0 bridgehead atoms. The molecule has 310 valence electrons. The van der Waals surface area contributed by atoms with Gasteiger partial charge in [0.15, 0.2) is 11.6 Å². The van der Waals surface area contributed by atoms with Crippen LogP contribution in [0.25, 0.3) is 0 Å². The van der Waals surface area contributed by atoms with Crippen molar-refractivity contribution in [3.8, 4) is 0 Å². The molecule has 5 fully saturated rings. The number of fused-ring (bicyclic) bond motifs is 1. The summed E-state index contributed by atoms with van der Waals surface area (Å²) in [4.78, 5) is 77.9. The van der Waals surface area contributed by atoms with Gasteiger partial charge < -0.3 is 10.2 Å². The maximum atomic E-state index is 15.2. The van der Waals surface area contributed by atoms with Gasteiger partial charge in [0, 0.05) is 47.4 Å². The van der Waals surface area contributed by atoms with Crippen LogP contribution < -0.4 is 10.0 Å². The summed E-state index contributed by atoms with van der Waals surface area (Å²) in [5.41, 5.74) is -1.85. The van der Waals surface area contributed by atoms with Crippen molar-refractivity contribution < 1.29 is 32.4 Å². The quantitative estimate of drug-likeness (QED) is 0.213. The molecule has 6 rings (SSSR count). The molecule has 0 aromatic heterocycles. The van der Waals surface area contributed by atoms with E-state index in [1.165, 1.54) is 0 Å². The van der Waals surface area contributed by atoms with Gasteiger partial charge in [0.05, 0.1) is 29.3 Å². The number of nitrogens with zero attached hydrogens (tertiary/aromatic N) is 2. The van der Waals surface area contributed by atoms with Crippen LogP contribution in [0.15, 0.2) is 29.3 Å². The highest BCUT2D eigenvalue weighted by molar-refractivity contribution is 7.90. The Morgan fingerprint density at radius 1 is 0.964 bits per heavy atom. The van der Waals surface area contributed by atoms with E-state index in [0.29, 0.717) is 37.8 Å². The third-order valence-electron chi connectivity index (χ3n) is 15.0. The van der Waals surface area contributed by atoms with E-state index in [1.54, 1.807) is 17.1 Å². The first-order valence-electron chi connectivity index (χ1n) is 20.7. The molecule has 0 aromatic rings. The number of allylic oxidation sites excluding steroid dienone is 2. The minimum Gasteiger partial charge on any atom is -0.342 e. The maximum Gasteiger partial charge on any atom is 0.249 e. The topological polar surface area (TPSA) is 159 Å². The van der Waals surface area contributed by atoms with E-state index in [4.69, 9.17) is 0 Å². The van der Waals surface area contributed by atoms with Gasteiger partial charge in [-0.25, -0.2) is 8.42 Å². The van der Waals surface area contributed by atoms with Crippen molar-refractivity contribution in [2.24, 2.45) is 54.7 Å². The van der Waals surface area contributed by atoms with Crippen molar-refractivity contribution in [1.29, 1.82) is 0 Å². The van der Waals surface area contributed by atoms with E-state index in [0.717, 1.165) is 25.0 Å². The van der Waals surface area contributed by atoms with E-state index in [2.05, 4.69) is 35.5 Å². The summed E-state index contributed by atoms with van der Waals surface area (Å²) in [6.07, 6.45) is 8.04. The molecule has 12 heteroatoms. The third-order valence-corrected chi connectivity index (χ3v) is 16.8. The Morgan fingerprint density at radius 3 is 2.04 bits per heavy atom. The number of aliphatic imine (C=N–C) groups is 1. The molecule has 2 N–H and O–H groups in total. The van der Waals surface area contributed by atoms with Gasteiger partial charge in [0.1, 0.15) is 0 Å². The molecule has 6 atom stereocenters. The van der Waals surface area contributed by atoms with E-state index in [-0.39, 0.29) is 70.3 Å². The fourth-order valence-electron chi connectivity index (χ4n) is 10.7. The second kappa shape index (κ2) is 13.4. The van der Waals surface area contributed by atoms with Crippen LogP contribution in [-0.2, 0) is 34.0 Å². The Hall–Kier alpha value is -3.15. The first-order valence-corrected chi connectivity index (χ1v) is 22.2. The number of ketones is 2. The minimum atomic E-state index is -3.83. The molecular formula is C44H66N4O7S. The number of carbonyl (C=O) groups excluding carboxylic acids is 5. The van der Waals surface area contributed by atoms with E-state index < -0.39 is 55.4 Å². The van der Waals surface area contributed by atoms with Gasteiger partial charge in [-0.3, -0.25) is 33.7 Å². The molecule has 4 saturated carbocycles. The number of hydrogen-bond acceptors (Lipinski definition) is 8. The molecular weight excluding hydrogens is 729 g/mol. The van der Waals surface area contributed by atoms with Gasteiger partial charge >= 0.3 is 0 Å². The Bertz CT molecular complexity index is 1900. The summed E-state index contributed by atoms with van der Waals surface area (Å²) in [6, 6.07) is -1.70. The highest BCUT2D eigenvalue weighted by Gasteiger charge is 2.85. The fourth-order valence-corrected chi connectivity index (χ4v) is 12.1. The number of nitrogens with one attached hydrogen (secondary N) is 2. The predicted octanol–water partition coefficient (Wildman–Crippen LogP) is 6.12. The second-order valence-corrected chi connectivity index (χ2v) is 23.8. The van der Waals surface area contributed by atoms with Crippen molar-refractivity contribution in [3.63, 3.8) is 0 Å². The standard InChI is InChI=1S/C44H66N4O7S/c1-13-27-21-42(27,37(53)47-56(54,55)28-15-16-28)23-32(50)30-22-44(41(11,12)43(44)17-14-18-43)25-48(30)36(52)29(38(2,3)4)20-31(49)34(40(8,9)10)46-35(51)26-19-33(45-24-26)39(5,6)7/h13,19,27-30,34H,1,14-18,20-25H2,2-12H3,(H,46,51)(H,47,53)/t27-,29-,30+,34-,42-,44-/m1/s1. The van der Waals surface area contributed by atoms with E-state index >= 15 is 4.79 Å². The molecule has 0 unspecified atom stereocenters. The van der Waals surface area contributed by atoms with Gasteiger partial charge in [-0.15, -0.1) is 6.58 Å². The van der Waals surface area contributed by atoms with Crippen molar-refractivity contribution in [1.82, 2.24) is 14.9 Å². The van der Waals surface area contributed by atoms with Crippen LogP contribution in [0.4, 0.5) is 0 Å². The molecule has 4 aliphatic carbocycles. The van der Waals surface area contributed by atoms with Crippen molar-refractivity contribution in [2.75, 3.05) is 13.1 Å². The van der Waals surface area contributed by atoms with Gasteiger partial charge in [-0.2, -0.15) is 0 Å². The number of Topliss-reactive ketones (excluding diaryl/α,β-unsaturated/α-hetero) is 2. The van der Waals surface area contributed by atoms with Gasteiger partial charge in [0.25, 0.3) is 0 Å². The number of hydrogen-bond donors (Lipinski definition) is 2. The highest BCUT2D eigenvalue weighted by Crippen LogP contribution is 2.88. The predicted molar refractivity (Wildman–Crippen MR) is 217 cm³/mol. The van der Waals surface area contributed by atoms with Crippen LogP contribution in [0.2, 0.25) is 0 Å². The van der Waals surface area contributed by atoms with Crippen LogP contribution in [0.5, 0.6) is 0 Å². The Labute approximate surface area is 334 Å². The normalized spacial score (nSPS) is 30.2. The molecule has 56 heavy (non-hydrogen) atoms. The molecule has 11 nitrogen and oxygen atoms in total. The number of amides is 3. The number of likely N-dealkylation sites (tertiary alicyclic amines) is 1. The lowest BCUT2D eigenvalue weighted by Crippen LogP contribution is -2.52. The average molecular weight is 795 g/mol. The second-order valence-electron chi connectivity index (χ2n) is 21.8. The van der Waals surface area contributed by atoms with Crippen molar-refractivity contribution in [2.45, 2.75) is 151 Å². The smallest absolute Gasteiger partial charge is 0.249 e. The molecule has 0 aromatic carbocycles. The summed E-state index contributed by atoms with van der Waals surface area (Å²) in [5, 5.41) is 2.42. The zero-order chi connectivity index (χ0) is 41.8. The van der Waals surface area contributed by atoms with Crippen LogP contribution >= 0.6 is 0 Å². The van der Waals surface area contributed by atoms with Crippen molar-refractivity contribution >= 4 is 45.0 Å². The van der Waals surface area contributed by atoms with Gasteiger partial charge in [-0.05, 0) is 72.2 Å². The Kier molecular flexibility index (Phi) is 10.2. The van der Waals surface area contributed by atoms with E-state index in [1.807, 2.05) is 62.3 Å². The first-order chi connectivity index (χ1) is 25.6. The molecule has 1 saturated heterocycles. The Balaban J connectivity index is 1.27. The molecule has 2 heterocycles. The lowest BCUT2D eigenvalue weighted by molar-refractivity contribution is -0.147. The zero-order valence-corrected chi connectivity index (χ0v) is 36.5. The number of rotatable bonds is 13. The minimum absolute atomic E-state index is 0.0182. The number of carbonyl (C=O) groups is 5. The molecule has 6 aliphatic rings. The number of sulfonamides is 1. The SMILES string of the molecule is C=C[C@@H]1C[C@]1(CC(=O)[C@@H]1C[C@@]2(CN1C(=O)[C@@H](CC(=O)[C@@H](NC(=O)C1=CC(C(C)(C)C)=NC1)C(C)(C)C)C(C)(C)C)C(C)(C)C21CCC1)C(=O)NS(=O)(=O)C1CC1. The summed E-state index contributed by atoms with van der Waals surface area (Å²) in [5.74, 6) is -2.96. The fraction of sp³-hybridized carbons (Fsp3) is 0.773. The molecule has 3 amide bonds. The summed E-state index contributed by atoms with van der Waals surface area (Å²) in [7, 11) is -3.83. The average Bonchev–Trinajstić information content (AvgIpc) is 3.97. The Morgan fingerprint density at radius 2 is 1.59 bits per heavy atom. The van der Waals surface area contributed by atoms with Gasteiger partial charge in [0.2, 0.25) is 27.7 Å². The van der Waals surface area contributed by atoms with E-state index in [9.17, 15) is 27.6 Å². The monoisotopic (exact) mass is 794 g/mol. The molecule has 2 aliphatic heterocycles. The highest BCUT2D eigenvalue weighted by atomic mass is 32.2. The molecule has 2 spiro atoms. The summed E-state index contributed by atoms with van der Waals surface area (Å²) in [6.45, 7) is 26.6. The lowest BCUT2D eigenvalue weighted by Gasteiger charge is -2.37. The molecule has 0 radical (unpaired) electrons. The first kappa shape index (κ1) is 42.5. The van der Waals surface area contributed by atoms with Crippen molar-refractivity contribution in [3.05, 3.63) is 24.3 Å². The van der Waals surface area contributed by atoms with Crippen LogP contribution in [-0.4, -0.2) is 78.7 Å². The third kappa shape index (κ3) is 6.95. The lowest BCUT2D eigenvalue weighted by atomic mass is 9.73. The summed E-state index contributed by atoms with van der Waals surface area (Å²) < 4.78 is 27.9. The van der Waals surface area contributed by atoms with Crippen LogP contribution in [0, 0.1) is 49.7 Å². The van der Waals surface area contributed by atoms with Gasteiger partial charge in [-0.1, -0.05) is 88.7 Å². The van der Waals surface area contributed by atoms with Crippen LogP contribution in [0.1, 0.15) is 134 Å². The largest absolute Gasteiger partial charge is 0.342 e. The summed E-state index contributed by atoms with van der Waals surface area (Å²) >= 11 is 0.